The van der Waals surface area contributed by atoms with Crippen LogP contribution in [0.1, 0.15) is 23.6 Å². The molecule has 0 atom stereocenters. The minimum absolute atomic E-state index is 0.449. The molecule has 0 bridgehead atoms. The van der Waals surface area contributed by atoms with Crippen LogP contribution in [0.5, 0.6) is 0 Å². The third kappa shape index (κ3) is 2.66. The number of aromatic nitrogens is 1. The van der Waals surface area contributed by atoms with Gasteiger partial charge in [0.2, 0.25) is 0 Å². The molecule has 2 aromatic rings. The molecule has 0 aliphatic heterocycles. The molecule has 0 unspecified atom stereocenters. The van der Waals surface area contributed by atoms with E-state index in [1.807, 2.05) is 19.1 Å². The average molecular weight is 252 g/mol. The lowest BCUT2D eigenvalue weighted by atomic mass is 10.1. The first-order valence-electron chi connectivity index (χ1n) is 6.16. The zero-order valence-corrected chi connectivity index (χ0v) is 11.1. The molecule has 0 amide bonds. The number of benzene rings is 1. The highest BCUT2D eigenvalue weighted by molar-refractivity contribution is 5.69. The van der Waals surface area contributed by atoms with Crippen molar-refractivity contribution in [2.75, 3.05) is 11.1 Å². The number of hydrogen-bond acceptors (Lipinski definition) is 4. The van der Waals surface area contributed by atoms with Crippen molar-refractivity contribution in [3.63, 3.8) is 0 Å². The second kappa shape index (κ2) is 5.40. The van der Waals surface area contributed by atoms with E-state index in [1.165, 1.54) is 5.56 Å². The Morgan fingerprint density at radius 3 is 2.89 bits per heavy atom. The van der Waals surface area contributed by atoms with Gasteiger partial charge >= 0.3 is 0 Å². The molecule has 96 valence electrons. The summed E-state index contributed by atoms with van der Waals surface area (Å²) < 4.78 is 0. The van der Waals surface area contributed by atoms with E-state index in [1.54, 1.807) is 12.3 Å². The number of pyridine rings is 1. The molecule has 0 aliphatic carbocycles. The van der Waals surface area contributed by atoms with Crippen LogP contribution in [0.3, 0.4) is 0 Å². The van der Waals surface area contributed by atoms with E-state index >= 15 is 0 Å². The molecule has 0 fully saturated rings. The Morgan fingerprint density at radius 2 is 2.21 bits per heavy atom. The van der Waals surface area contributed by atoms with E-state index in [2.05, 4.69) is 29.4 Å². The van der Waals surface area contributed by atoms with Crippen LogP contribution < -0.4 is 11.1 Å². The predicted molar refractivity (Wildman–Crippen MR) is 77.2 cm³/mol. The van der Waals surface area contributed by atoms with Crippen LogP contribution in [0.15, 0.2) is 30.5 Å². The first-order chi connectivity index (χ1) is 9.15. The van der Waals surface area contributed by atoms with Crippen molar-refractivity contribution in [3.8, 4) is 6.07 Å². The summed E-state index contributed by atoms with van der Waals surface area (Å²) in [6.07, 6.45) is 2.47. The molecule has 0 saturated heterocycles. The zero-order chi connectivity index (χ0) is 13.8. The third-order valence-electron chi connectivity index (χ3n) is 3.01. The lowest BCUT2D eigenvalue weighted by Crippen LogP contribution is -2.02. The summed E-state index contributed by atoms with van der Waals surface area (Å²) in [5.41, 5.74) is 9.92. The molecule has 4 nitrogen and oxygen atoms in total. The SMILES string of the molecule is CCc1cccc(C)c1Nc1ncc(N)cc1C#N. The number of nitriles is 1. The summed E-state index contributed by atoms with van der Waals surface area (Å²) in [6.45, 7) is 4.13. The van der Waals surface area contributed by atoms with Crippen LogP contribution in [0.4, 0.5) is 17.2 Å². The van der Waals surface area contributed by atoms with E-state index in [0.717, 1.165) is 17.7 Å². The van der Waals surface area contributed by atoms with Crippen LogP contribution in [0, 0.1) is 18.3 Å². The van der Waals surface area contributed by atoms with Gasteiger partial charge in [0.1, 0.15) is 11.9 Å². The summed E-state index contributed by atoms with van der Waals surface area (Å²) in [4.78, 5) is 4.20. The molecule has 2 rings (SSSR count). The van der Waals surface area contributed by atoms with Gasteiger partial charge in [-0.05, 0) is 30.5 Å². The molecular weight excluding hydrogens is 236 g/mol. The second-order valence-electron chi connectivity index (χ2n) is 4.36. The van der Waals surface area contributed by atoms with Crippen molar-refractivity contribution < 1.29 is 0 Å². The minimum atomic E-state index is 0.449. The fourth-order valence-electron chi connectivity index (χ4n) is 1.99. The van der Waals surface area contributed by atoms with Gasteiger partial charge in [-0.1, -0.05) is 25.1 Å². The van der Waals surface area contributed by atoms with E-state index in [-0.39, 0.29) is 0 Å². The molecule has 19 heavy (non-hydrogen) atoms. The van der Waals surface area contributed by atoms with Gasteiger partial charge in [-0.2, -0.15) is 5.26 Å². The van der Waals surface area contributed by atoms with Crippen LogP contribution in [0.25, 0.3) is 0 Å². The number of nitrogens with one attached hydrogen (secondary N) is 1. The Kier molecular flexibility index (Phi) is 3.67. The van der Waals surface area contributed by atoms with Crippen LogP contribution in [0.2, 0.25) is 0 Å². The lowest BCUT2D eigenvalue weighted by molar-refractivity contribution is 1.13. The first-order valence-corrected chi connectivity index (χ1v) is 6.16. The molecule has 1 aromatic heterocycles. The van der Waals surface area contributed by atoms with Crippen molar-refractivity contribution >= 4 is 17.2 Å². The largest absolute Gasteiger partial charge is 0.397 e. The van der Waals surface area contributed by atoms with Gasteiger partial charge in [-0.3, -0.25) is 0 Å². The molecule has 4 heteroatoms. The van der Waals surface area contributed by atoms with Gasteiger partial charge < -0.3 is 11.1 Å². The Morgan fingerprint density at radius 1 is 1.42 bits per heavy atom. The molecule has 0 saturated carbocycles. The van der Waals surface area contributed by atoms with Crippen LogP contribution >= 0.6 is 0 Å². The number of nitrogens with two attached hydrogens (primary N) is 1. The van der Waals surface area contributed by atoms with Gasteiger partial charge in [0.25, 0.3) is 0 Å². The van der Waals surface area contributed by atoms with Crippen LogP contribution in [-0.2, 0) is 6.42 Å². The van der Waals surface area contributed by atoms with Crippen molar-refractivity contribution in [2.24, 2.45) is 0 Å². The fraction of sp³-hybridized carbons (Fsp3) is 0.200. The van der Waals surface area contributed by atoms with Gasteiger partial charge in [0.05, 0.1) is 17.4 Å². The van der Waals surface area contributed by atoms with E-state index < -0.39 is 0 Å². The molecule has 1 aromatic carbocycles. The summed E-state index contributed by atoms with van der Waals surface area (Å²) in [5, 5.41) is 12.4. The number of hydrogen-bond donors (Lipinski definition) is 2. The summed E-state index contributed by atoms with van der Waals surface area (Å²) in [7, 11) is 0. The number of aryl methyl sites for hydroxylation is 2. The number of para-hydroxylation sites is 1. The van der Waals surface area contributed by atoms with E-state index in [0.29, 0.717) is 17.1 Å². The lowest BCUT2D eigenvalue weighted by Gasteiger charge is -2.14. The van der Waals surface area contributed by atoms with Gasteiger partial charge in [0.15, 0.2) is 0 Å². The van der Waals surface area contributed by atoms with E-state index in [4.69, 9.17) is 11.0 Å². The highest BCUT2D eigenvalue weighted by Crippen LogP contribution is 2.26. The normalized spacial score (nSPS) is 9.95. The Hall–Kier alpha value is -2.54. The first kappa shape index (κ1) is 12.9. The smallest absolute Gasteiger partial charge is 0.148 e. The standard InChI is InChI=1S/C15H16N4/c1-3-11-6-4-5-10(2)14(11)19-15-12(8-16)7-13(17)9-18-15/h4-7,9H,3,17H2,1-2H3,(H,18,19). The van der Waals surface area contributed by atoms with Crippen molar-refractivity contribution in [2.45, 2.75) is 20.3 Å². The second-order valence-corrected chi connectivity index (χ2v) is 4.36. The van der Waals surface area contributed by atoms with Gasteiger partial charge in [0, 0.05) is 5.69 Å². The summed E-state index contributed by atoms with van der Waals surface area (Å²) in [5.74, 6) is 0.542. The highest BCUT2D eigenvalue weighted by Gasteiger charge is 2.09. The van der Waals surface area contributed by atoms with Crippen molar-refractivity contribution in [1.29, 1.82) is 5.26 Å². The van der Waals surface area contributed by atoms with Gasteiger partial charge in [-0.15, -0.1) is 0 Å². The average Bonchev–Trinajstić information content (AvgIpc) is 2.42. The molecular formula is C15H16N4. The molecule has 3 N–H and O–H groups in total. The maximum Gasteiger partial charge on any atom is 0.148 e. The van der Waals surface area contributed by atoms with Crippen molar-refractivity contribution in [3.05, 3.63) is 47.2 Å². The topological polar surface area (TPSA) is 74.7 Å². The molecule has 0 radical (unpaired) electrons. The maximum atomic E-state index is 9.13. The fourth-order valence-corrected chi connectivity index (χ4v) is 1.99. The highest BCUT2D eigenvalue weighted by atomic mass is 15.0. The number of nitrogens with zero attached hydrogens (tertiary/aromatic N) is 2. The summed E-state index contributed by atoms with van der Waals surface area (Å²) >= 11 is 0. The minimum Gasteiger partial charge on any atom is -0.397 e. The zero-order valence-electron chi connectivity index (χ0n) is 11.1. The molecule has 1 heterocycles. The van der Waals surface area contributed by atoms with E-state index in [9.17, 15) is 0 Å². The predicted octanol–water partition coefficient (Wildman–Crippen LogP) is 3.15. The number of nitrogen functional groups attached to an aromatic ring is 1. The third-order valence-corrected chi connectivity index (χ3v) is 3.01. The molecule has 0 spiro atoms. The number of rotatable bonds is 3. The quantitative estimate of drug-likeness (QED) is 0.880. The van der Waals surface area contributed by atoms with Crippen molar-refractivity contribution in [1.82, 2.24) is 4.98 Å². The van der Waals surface area contributed by atoms with Gasteiger partial charge in [-0.25, -0.2) is 4.98 Å². The number of anilines is 3. The Balaban J connectivity index is 2.45. The maximum absolute atomic E-state index is 9.13. The van der Waals surface area contributed by atoms with Crippen LogP contribution in [-0.4, -0.2) is 4.98 Å². The summed E-state index contributed by atoms with van der Waals surface area (Å²) in [6, 6.07) is 9.86. The monoisotopic (exact) mass is 252 g/mol. The molecule has 0 aliphatic rings. The Labute approximate surface area is 112 Å². The Bertz CT molecular complexity index is 641.